The first-order chi connectivity index (χ1) is 14.0. The van der Waals surface area contributed by atoms with Gasteiger partial charge in [0, 0.05) is 4.88 Å². The van der Waals surface area contributed by atoms with Crippen LogP contribution in [-0.2, 0) is 11.3 Å². The quantitative estimate of drug-likeness (QED) is 0.558. The maximum absolute atomic E-state index is 11.7. The number of thiophene rings is 1. The monoisotopic (exact) mass is 411 g/mol. The van der Waals surface area contributed by atoms with Gasteiger partial charge >= 0.3 is 5.97 Å². The molecule has 7 heteroatoms. The van der Waals surface area contributed by atoms with Crippen LogP contribution >= 0.6 is 11.3 Å². The Labute approximate surface area is 174 Å². The lowest BCUT2D eigenvalue weighted by atomic mass is 10.1. The average molecular weight is 412 g/mol. The number of carbonyl (C=O) groups excluding carboxylic acids is 1. The Balaban J connectivity index is 1.66. The van der Waals surface area contributed by atoms with Crippen molar-refractivity contribution in [3.8, 4) is 11.6 Å². The van der Waals surface area contributed by atoms with Crippen molar-refractivity contribution in [2.45, 2.75) is 39.7 Å². The number of esters is 1. The summed E-state index contributed by atoms with van der Waals surface area (Å²) in [5.74, 6) is 1.63. The van der Waals surface area contributed by atoms with Gasteiger partial charge in [0.25, 0.3) is 0 Å². The van der Waals surface area contributed by atoms with E-state index in [0.29, 0.717) is 17.2 Å². The van der Waals surface area contributed by atoms with Crippen LogP contribution < -0.4 is 4.74 Å². The summed E-state index contributed by atoms with van der Waals surface area (Å²) in [6.07, 6.45) is 3.76. The van der Waals surface area contributed by atoms with Crippen molar-refractivity contribution in [2.75, 3.05) is 20.2 Å². The zero-order valence-electron chi connectivity index (χ0n) is 17.0. The SMILES string of the molecule is COC(=O)c1ccc(Oc2nc(CN3CCCCC3)nc3sc(C)c(C)c23)cc1. The maximum atomic E-state index is 11.7. The normalized spacial score (nSPS) is 14.9. The second kappa shape index (κ2) is 8.47. The number of carbonyl (C=O) groups is 1. The molecule has 0 saturated carbocycles. The highest BCUT2D eigenvalue weighted by Gasteiger charge is 2.19. The summed E-state index contributed by atoms with van der Waals surface area (Å²) in [4.78, 5) is 25.8. The van der Waals surface area contributed by atoms with Crippen molar-refractivity contribution in [1.29, 1.82) is 0 Å². The zero-order valence-corrected chi connectivity index (χ0v) is 17.8. The number of benzene rings is 1. The van der Waals surface area contributed by atoms with E-state index in [2.05, 4.69) is 18.7 Å². The van der Waals surface area contributed by atoms with Gasteiger partial charge in [-0.25, -0.2) is 9.78 Å². The van der Waals surface area contributed by atoms with Crippen LogP contribution in [0.15, 0.2) is 24.3 Å². The zero-order chi connectivity index (χ0) is 20.4. The predicted octanol–water partition coefficient (Wildman–Crippen LogP) is 4.87. The smallest absolute Gasteiger partial charge is 0.337 e. The molecule has 0 spiro atoms. The molecule has 1 fully saturated rings. The van der Waals surface area contributed by atoms with Gasteiger partial charge in [-0.2, -0.15) is 4.98 Å². The van der Waals surface area contributed by atoms with Crippen molar-refractivity contribution >= 4 is 27.5 Å². The van der Waals surface area contributed by atoms with Crippen LogP contribution in [0.4, 0.5) is 0 Å². The summed E-state index contributed by atoms with van der Waals surface area (Å²) < 4.78 is 10.9. The molecule has 1 aromatic carbocycles. The van der Waals surface area contributed by atoms with E-state index in [0.717, 1.165) is 41.2 Å². The number of rotatable bonds is 5. The third kappa shape index (κ3) is 4.26. The molecule has 6 nitrogen and oxygen atoms in total. The molecule has 3 heterocycles. The minimum Gasteiger partial charge on any atom is -0.465 e. The molecule has 0 unspecified atom stereocenters. The van der Waals surface area contributed by atoms with Crippen molar-refractivity contribution in [1.82, 2.24) is 14.9 Å². The van der Waals surface area contributed by atoms with Crippen LogP contribution in [0.5, 0.6) is 11.6 Å². The van der Waals surface area contributed by atoms with Crippen LogP contribution in [0, 0.1) is 13.8 Å². The maximum Gasteiger partial charge on any atom is 0.337 e. The molecule has 0 bridgehead atoms. The second-order valence-electron chi connectivity index (χ2n) is 7.36. The highest BCUT2D eigenvalue weighted by atomic mass is 32.1. The Morgan fingerprint density at radius 1 is 1.10 bits per heavy atom. The molecule has 0 aliphatic carbocycles. The molecule has 4 rings (SSSR count). The van der Waals surface area contributed by atoms with Gasteiger partial charge in [-0.1, -0.05) is 6.42 Å². The molecule has 29 heavy (non-hydrogen) atoms. The van der Waals surface area contributed by atoms with E-state index in [4.69, 9.17) is 19.4 Å². The third-order valence-corrected chi connectivity index (χ3v) is 6.45. The minimum absolute atomic E-state index is 0.367. The summed E-state index contributed by atoms with van der Waals surface area (Å²) in [6.45, 7) is 7.10. The largest absolute Gasteiger partial charge is 0.465 e. The number of nitrogens with zero attached hydrogens (tertiary/aromatic N) is 3. The molecule has 1 saturated heterocycles. The standard InChI is InChI=1S/C22H25N3O3S/c1-14-15(2)29-21-19(14)20(23-18(24-21)13-25-11-5-4-6-12-25)28-17-9-7-16(8-10-17)22(26)27-3/h7-10H,4-6,11-13H2,1-3H3. The first kappa shape index (κ1) is 19.8. The van der Waals surface area contributed by atoms with Gasteiger partial charge < -0.3 is 9.47 Å². The molecular formula is C22H25N3O3S. The van der Waals surface area contributed by atoms with E-state index >= 15 is 0 Å². The first-order valence-corrected chi connectivity index (χ1v) is 10.7. The molecule has 0 atom stereocenters. The highest BCUT2D eigenvalue weighted by molar-refractivity contribution is 7.18. The molecule has 3 aromatic rings. The van der Waals surface area contributed by atoms with Crippen molar-refractivity contribution in [2.24, 2.45) is 0 Å². The predicted molar refractivity (Wildman–Crippen MR) is 114 cm³/mol. The Morgan fingerprint density at radius 2 is 1.83 bits per heavy atom. The highest BCUT2D eigenvalue weighted by Crippen LogP contribution is 2.36. The lowest BCUT2D eigenvalue weighted by Crippen LogP contribution is -2.29. The van der Waals surface area contributed by atoms with E-state index in [1.807, 2.05) is 0 Å². The number of aryl methyl sites for hydroxylation is 2. The summed E-state index contributed by atoms with van der Waals surface area (Å²) in [5, 5.41) is 0.965. The average Bonchev–Trinajstić information content (AvgIpc) is 3.02. The van der Waals surface area contributed by atoms with E-state index in [9.17, 15) is 4.79 Å². The summed E-state index contributed by atoms with van der Waals surface area (Å²) in [5.41, 5.74) is 1.64. The molecule has 0 N–H and O–H groups in total. The fourth-order valence-corrected chi connectivity index (χ4v) is 4.64. The number of aromatic nitrogens is 2. The van der Waals surface area contributed by atoms with Gasteiger partial charge in [-0.3, -0.25) is 4.90 Å². The van der Waals surface area contributed by atoms with Crippen LogP contribution in [0.25, 0.3) is 10.2 Å². The summed E-state index contributed by atoms with van der Waals surface area (Å²) in [7, 11) is 1.37. The van der Waals surface area contributed by atoms with Gasteiger partial charge in [-0.05, 0) is 69.6 Å². The lowest BCUT2D eigenvalue weighted by Gasteiger charge is -2.25. The van der Waals surface area contributed by atoms with Gasteiger partial charge in [0.05, 0.1) is 24.6 Å². The number of likely N-dealkylation sites (tertiary alicyclic amines) is 1. The fourth-order valence-electron chi connectivity index (χ4n) is 3.61. The molecule has 152 valence electrons. The molecular weight excluding hydrogens is 386 g/mol. The fraction of sp³-hybridized carbons (Fsp3) is 0.409. The van der Waals surface area contributed by atoms with Crippen LogP contribution in [-0.4, -0.2) is 41.0 Å². The first-order valence-electron chi connectivity index (χ1n) is 9.90. The van der Waals surface area contributed by atoms with Crippen molar-refractivity contribution in [3.63, 3.8) is 0 Å². The molecule has 1 aliphatic rings. The van der Waals surface area contributed by atoms with Gasteiger partial charge in [-0.15, -0.1) is 11.3 Å². The number of methoxy groups -OCH3 is 1. The topological polar surface area (TPSA) is 64.6 Å². The molecule has 0 radical (unpaired) electrons. The Morgan fingerprint density at radius 3 is 2.52 bits per heavy atom. The molecule has 1 aliphatic heterocycles. The summed E-state index contributed by atoms with van der Waals surface area (Å²) >= 11 is 1.68. The Kier molecular flexibility index (Phi) is 5.78. The number of hydrogen-bond acceptors (Lipinski definition) is 7. The second-order valence-corrected chi connectivity index (χ2v) is 8.57. The van der Waals surface area contributed by atoms with Crippen LogP contribution in [0.3, 0.4) is 0 Å². The Hall–Kier alpha value is -2.51. The van der Waals surface area contributed by atoms with Gasteiger partial charge in [0.15, 0.2) is 0 Å². The summed E-state index contributed by atoms with van der Waals surface area (Å²) in [6, 6.07) is 6.91. The van der Waals surface area contributed by atoms with Crippen LogP contribution in [0.2, 0.25) is 0 Å². The van der Waals surface area contributed by atoms with Crippen molar-refractivity contribution in [3.05, 3.63) is 46.1 Å². The van der Waals surface area contributed by atoms with Gasteiger partial charge in [0.1, 0.15) is 16.4 Å². The van der Waals surface area contributed by atoms with Crippen molar-refractivity contribution < 1.29 is 14.3 Å². The number of ether oxygens (including phenoxy) is 2. The van der Waals surface area contributed by atoms with E-state index < -0.39 is 0 Å². The minimum atomic E-state index is -0.367. The van der Waals surface area contributed by atoms with E-state index in [1.165, 1.54) is 31.2 Å². The number of fused-ring (bicyclic) bond motifs is 1. The van der Waals surface area contributed by atoms with Crippen LogP contribution in [0.1, 0.15) is 45.9 Å². The third-order valence-electron chi connectivity index (χ3n) is 5.35. The molecule has 2 aromatic heterocycles. The van der Waals surface area contributed by atoms with Gasteiger partial charge in [0.2, 0.25) is 5.88 Å². The number of piperidine rings is 1. The lowest BCUT2D eigenvalue weighted by molar-refractivity contribution is 0.0600. The van der Waals surface area contributed by atoms with E-state index in [1.54, 1.807) is 35.6 Å². The van der Waals surface area contributed by atoms with E-state index in [-0.39, 0.29) is 5.97 Å². The molecule has 0 amide bonds. The number of hydrogen-bond donors (Lipinski definition) is 0. The Bertz CT molecular complexity index is 1020.